The Kier molecular flexibility index (Phi) is 3.65. The Hall–Kier alpha value is -0.880. The lowest BCUT2D eigenvalue weighted by molar-refractivity contribution is 0.0514. The van der Waals surface area contributed by atoms with E-state index in [1.165, 1.54) is 5.38 Å². The Morgan fingerprint density at radius 1 is 1.64 bits per heavy atom. The first-order valence-electron chi connectivity index (χ1n) is 3.75. The van der Waals surface area contributed by atoms with Gasteiger partial charge in [0.1, 0.15) is 0 Å². The molecular formula is C8H7BrO4S. The van der Waals surface area contributed by atoms with E-state index in [0.717, 1.165) is 11.3 Å². The van der Waals surface area contributed by atoms with Crippen LogP contribution < -0.4 is 0 Å². The molecule has 0 saturated heterocycles. The molecule has 1 heterocycles. The molecule has 0 radical (unpaired) electrons. The molecule has 4 nitrogen and oxygen atoms in total. The number of carbonyl (C=O) groups excluding carboxylic acids is 1. The SMILES string of the molecule is CCOC(=O)c1c(C(=O)O)csc1Br. The van der Waals surface area contributed by atoms with E-state index in [-0.39, 0.29) is 17.7 Å². The highest BCUT2D eigenvalue weighted by Crippen LogP contribution is 2.28. The van der Waals surface area contributed by atoms with Crippen molar-refractivity contribution in [3.63, 3.8) is 0 Å². The van der Waals surface area contributed by atoms with Crippen LogP contribution in [0.5, 0.6) is 0 Å². The van der Waals surface area contributed by atoms with Crippen molar-refractivity contribution in [3.05, 3.63) is 20.3 Å². The molecule has 0 atom stereocenters. The normalized spacial score (nSPS) is 9.86. The van der Waals surface area contributed by atoms with Crippen LogP contribution in [-0.2, 0) is 4.74 Å². The highest BCUT2D eigenvalue weighted by atomic mass is 79.9. The zero-order valence-electron chi connectivity index (χ0n) is 7.24. The van der Waals surface area contributed by atoms with Crippen molar-refractivity contribution in [1.29, 1.82) is 0 Å². The average Bonchev–Trinajstić information content (AvgIpc) is 2.47. The summed E-state index contributed by atoms with van der Waals surface area (Å²) in [4.78, 5) is 22.1. The second kappa shape index (κ2) is 4.56. The topological polar surface area (TPSA) is 63.6 Å². The molecule has 0 amide bonds. The minimum Gasteiger partial charge on any atom is -0.478 e. The fourth-order valence-electron chi connectivity index (χ4n) is 0.885. The molecule has 0 aromatic carbocycles. The zero-order chi connectivity index (χ0) is 10.7. The molecule has 1 aromatic rings. The predicted molar refractivity (Wildman–Crippen MR) is 54.9 cm³/mol. The summed E-state index contributed by atoms with van der Waals surface area (Å²) in [6, 6.07) is 0. The van der Waals surface area contributed by atoms with Gasteiger partial charge in [0.25, 0.3) is 0 Å². The van der Waals surface area contributed by atoms with E-state index < -0.39 is 11.9 Å². The fraction of sp³-hybridized carbons (Fsp3) is 0.250. The number of halogens is 1. The quantitative estimate of drug-likeness (QED) is 0.863. The first kappa shape index (κ1) is 11.2. The van der Waals surface area contributed by atoms with Crippen molar-refractivity contribution in [1.82, 2.24) is 0 Å². The van der Waals surface area contributed by atoms with Crippen LogP contribution >= 0.6 is 27.3 Å². The first-order valence-corrected chi connectivity index (χ1v) is 5.42. The van der Waals surface area contributed by atoms with Gasteiger partial charge in [0.05, 0.1) is 21.5 Å². The van der Waals surface area contributed by atoms with Gasteiger partial charge in [-0.2, -0.15) is 0 Å². The molecule has 0 aliphatic carbocycles. The number of hydrogen-bond acceptors (Lipinski definition) is 4. The molecule has 0 aliphatic rings. The maximum atomic E-state index is 11.3. The predicted octanol–water partition coefficient (Wildman–Crippen LogP) is 2.39. The van der Waals surface area contributed by atoms with Gasteiger partial charge in [0.15, 0.2) is 0 Å². The molecule has 76 valence electrons. The monoisotopic (exact) mass is 278 g/mol. The van der Waals surface area contributed by atoms with Crippen molar-refractivity contribution in [2.45, 2.75) is 6.92 Å². The zero-order valence-corrected chi connectivity index (χ0v) is 9.65. The van der Waals surface area contributed by atoms with Crippen LogP contribution in [0.4, 0.5) is 0 Å². The van der Waals surface area contributed by atoms with Gasteiger partial charge in [-0.3, -0.25) is 0 Å². The number of rotatable bonds is 3. The van der Waals surface area contributed by atoms with E-state index in [2.05, 4.69) is 15.9 Å². The van der Waals surface area contributed by atoms with Gasteiger partial charge in [0.2, 0.25) is 0 Å². The number of aromatic carboxylic acids is 1. The Balaban J connectivity index is 3.11. The van der Waals surface area contributed by atoms with E-state index in [0.29, 0.717) is 3.79 Å². The van der Waals surface area contributed by atoms with Crippen LogP contribution in [0.15, 0.2) is 9.17 Å². The lowest BCUT2D eigenvalue weighted by Crippen LogP contribution is -2.09. The van der Waals surface area contributed by atoms with E-state index in [4.69, 9.17) is 9.84 Å². The van der Waals surface area contributed by atoms with Gasteiger partial charge >= 0.3 is 11.9 Å². The van der Waals surface area contributed by atoms with Crippen molar-refractivity contribution < 1.29 is 19.4 Å². The third-order valence-electron chi connectivity index (χ3n) is 1.46. The number of carbonyl (C=O) groups is 2. The molecule has 1 rings (SSSR count). The van der Waals surface area contributed by atoms with Gasteiger partial charge in [0, 0.05) is 5.38 Å². The van der Waals surface area contributed by atoms with Crippen molar-refractivity contribution >= 4 is 39.2 Å². The Morgan fingerprint density at radius 2 is 2.29 bits per heavy atom. The van der Waals surface area contributed by atoms with E-state index in [9.17, 15) is 9.59 Å². The largest absolute Gasteiger partial charge is 0.478 e. The summed E-state index contributed by atoms with van der Waals surface area (Å²) < 4.78 is 5.21. The first-order chi connectivity index (χ1) is 6.57. The minimum atomic E-state index is -1.13. The van der Waals surface area contributed by atoms with E-state index in [1.54, 1.807) is 6.92 Å². The molecule has 0 unspecified atom stereocenters. The summed E-state index contributed by atoms with van der Waals surface area (Å²) in [5.41, 5.74) is 0.0599. The number of carboxylic acids is 1. The second-order valence-corrected chi connectivity index (χ2v) is 4.52. The summed E-state index contributed by atoms with van der Waals surface area (Å²) in [5.74, 6) is -1.74. The Bertz CT molecular complexity index is 371. The lowest BCUT2D eigenvalue weighted by atomic mass is 10.2. The van der Waals surface area contributed by atoms with E-state index >= 15 is 0 Å². The highest BCUT2D eigenvalue weighted by molar-refractivity contribution is 9.11. The number of hydrogen-bond donors (Lipinski definition) is 1. The molecular weight excluding hydrogens is 272 g/mol. The van der Waals surface area contributed by atoms with Crippen LogP contribution in [0.1, 0.15) is 27.6 Å². The summed E-state index contributed by atoms with van der Waals surface area (Å²) >= 11 is 4.26. The maximum Gasteiger partial charge on any atom is 0.341 e. The summed E-state index contributed by atoms with van der Waals surface area (Å²) in [6.07, 6.45) is 0. The average molecular weight is 279 g/mol. The van der Waals surface area contributed by atoms with Crippen molar-refractivity contribution in [2.75, 3.05) is 6.61 Å². The number of esters is 1. The van der Waals surface area contributed by atoms with Crippen LogP contribution in [0, 0.1) is 0 Å². The molecule has 0 saturated carbocycles. The van der Waals surface area contributed by atoms with Gasteiger partial charge in [-0.25, -0.2) is 9.59 Å². The summed E-state index contributed by atoms with van der Waals surface area (Å²) in [7, 11) is 0. The van der Waals surface area contributed by atoms with Gasteiger partial charge in [-0.15, -0.1) is 11.3 Å². The van der Waals surface area contributed by atoms with Crippen LogP contribution in [-0.4, -0.2) is 23.7 Å². The minimum absolute atomic E-state index is 0.0275. The maximum absolute atomic E-state index is 11.3. The van der Waals surface area contributed by atoms with Gasteiger partial charge < -0.3 is 9.84 Å². The van der Waals surface area contributed by atoms with Gasteiger partial charge in [-0.1, -0.05) is 0 Å². The van der Waals surface area contributed by atoms with Crippen LogP contribution in [0.2, 0.25) is 0 Å². The molecule has 0 spiro atoms. The lowest BCUT2D eigenvalue weighted by Gasteiger charge is -2.01. The Morgan fingerprint density at radius 3 is 2.79 bits per heavy atom. The molecule has 0 aliphatic heterocycles. The molecule has 6 heteroatoms. The van der Waals surface area contributed by atoms with Crippen molar-refractivity contribution in [2.24, 2.45) is 0 Å². The number of ether oxygens (including phenoxy) is 1. The Labute approximate surface area is 92.6 Å². The molecule has 1 N–H and O–H groups in total. The van der Waals surface area contributed by atoms with Gasteiger partial charge in [-0.05, 0) is 22.9 Å². The summed E-state index contributed by atoms with van der Waals surface area (Å²) in [5, 5.41) is 10.2. The third-order valence-corrected chi connectivity index (χ3v) is 3.18. The van der Waals surface area contributed by atoms with Crippen LogP contribution in [0.25, 0.3) is 0 Å². The summed E-state index contributed by atoms with van der Waals surface area (Å²) in [6.45, 7) is 1.89. The fourth-order valence-corrected chi connectivity index (χ4v) is 2.29. The van der Waals surface area contributed by atoms with Crippen molar-refractivity contribution in [3.8, 4) is 0 Å². The highest BCUT2D eigenvalue weighted by Gasteiger charge is 2.22. The van der Waals surface area contributed by atoms with E-state index in [1.807, 2.05) is 0 Å². The number of carboxylic acid groups (broad SMARTS) is 1. The molecule has 1 aromatic heterocycles. The molecule has 0 bridgehead atoms. The standard InChI is InChI=1S/C8H7BrO4S/c1-2-13-8(12)5-4(7(10)11)3-14-6(5)9/h3H,2H2,1H3,(H,10,11). The number of thiophene rings is 1. The smallest absolute Gasteiger partial charge is 0.341 e. The molecule has 14 heavy (non-hydrogen) atoms. The molecule has 0 fully saturated rings. The second-order valence-electron chi connectivity index (χ2n) is 2.32. The third kappa shape index (κ3) is 2.13. The van der Waals surface area contributed by atoms with Crippen LogP contribution in [0.3, 0.4) is 0 Å².